The fourth-order valence-electron chi connectivity index (χ4n) is 2.58. The van der Waals surface area contributed by atoms with Crippen molar-refractivity contribution < 1.29 is 5.11 Å². The lowest BCUT2D eigenvalue weighted by Gasteiger charge is -2.32. The molecule has 112 valence electrons. The fourth-order valence-corrected chi connectivity index (χ4v) is 2.58. The Balaban J connectivity index is 1.61. The number of piperazine rings is 1. The van der Waals surface area contributed by atoms with Crippen LogP contribution in [-0.2, 0) is 6.54 Å². The van der Waals surface area contributed by atoms with E-state index >= 15 is 0 Å². The van der Waals surface area contributed by atoms with Gasteiger partial charge in [-0.25, -0.2) is 0 Å². The number of nitrogens with zero attached hydrogens (tertiary/aromatic N) is 2. The summed E-state index contributed by atoms with van der Waals surface area (Å²) in [5.74, 6) is 0.391. The molecule has 0 unspecified atom stereocenters. The summed E-state index contributed by atoms with van der Waals surface area (Å²) in [6.07, 6.45) is 1.16. The van der Waals surface area contributed by atoms with Gasteiger partial charge in [0.1, 0.15) is 5.75 Å². The summed E-state index contributed by atoms with van der Waals surface area (Å²) >= 11 is 0. The maximum Gasteiger partial charge on any atom is 0.120 e. The number of rotatable bonds is 6. The van der Waals surface area contributed by atoms with Crippen molar-refractivity contribution in [2.75, 3.05) is 46.3 Å². The molecule has 1 aliphatic heterocycles. The molecule has 4 heteroatoms. The van der Waals surface area contributed by atoms with Gasteiger partial charge < -0.3 is 20.2 Å². The van der Waals surface area contributed by atoms with Crippen molar-refractivity contribution in [1.82, 2.24) is 15.1 Å². The van der Waals surface area contributed by atoms with Crippen LogP contribution in [-0.4, -0.2) is 61.2 Å². The van der Waals surface area contributed by atoms with Gasteiger partial charge in [0.15, 0.2) is 0 Å². The lowest BCUT2D eigenvalue weighted by Crippen LogP contribution is -2.45. The van der Waals surface area contributed by atoms with E-state index in [9.17, 15) is 5.11 Å². The number of hydrogen-bond donors (Lipinski definition) is 2. The third-order valence-electron chi connectivity index (χ3n) is 3.97. The minimum Gasteiger partial charge on any atom is -0.508 e. The van der Waals surface area contributed by atoms with Gasteiger partial charge in [0.25, 0.3) is 0 Å². The minimum atomic E-state index is 0.391. The molecule has 1 aromatic rings. The molecule has 0 saturated carbocycles. The molecule has 1 aliphatic rings. The molecule has 0 atom stereocenters. The standard InChI is InChI=1S/C16H27N3O/c1-14-4-5-16(20)15(12-14)13-17-6-3-7-19-10-8-18(2)9-11-19/h4-5,12,17,20H,3,6-11,13H2,1-2H3. The number of likely N-dealkylation sites (N-methyl/N-ethyl adjacent to an activating group) is 1. The number of phenols is 1. The van der Waals surface area contributed by atoms with Crippen LogP contribution in [0.15, 0.2) is 18.2 Å². The van der Waals surface area contributed by atoms with E-state index in [1.54, 1.807) is 6.07 Å². The summed E-state index contributed by atoms with van der Waals surface area (Å²) in [4.78, 5) is 4.92. The molecule has 1 fully saturated rings. The Hall–Kier alpha value is -1.10. The van der Waals surface area contributed by atoms with Gasteiger partial charge in [-0.05, 0) is 39.5 Å². The summed E-state index contributed by atoms with van der Waals surface area (Å²) in [6.45, 7) is 9.71. The molecule has 1 heterocycles. The maximum absolute atomic E-state index is 9.77. The zero-order valence-corrected chi connectivity index (χ0v) is 12.7. The largest absolute Gasteiger partial charge is 0.508 e. The summed E-state index contributed by atoms with van der Waals surface area (Å²) in [5.41, 5.74) is 2.18. The van der Waals surface area contributed by atoms with Crippen molar-refractivity contribution in [2.24, 2.45) is 0 Å². The minimum absolute atomic E-state index is 0.391. The first-order valence-corrected chi connectivity index (χ1v) is 7.55. The highest BCUT2D eigenvalue weighted by Gasteiger charge is 2.12. The summed E-state index contributed by atoms with van der Waals surface area (Å²) in [5, 5.41) is 13.2. The lowest BCUT2D eigenvalue weighted by atomic mass is 10.1. The second-order valence-corrected chi connectivity index (χ2v) is 5.81. The van der Waals surface area contributed by atoms with E-state index in [0.29, 0.717) is 5.75 Å². The lowest BCUT2D eigenvalue weighted by molar-refractivity contribution is 0.152. The Morgan fingerprint density at radius 2 is 1.95 bits per heavy atom. The summed E-state index contributed by atoms with van der Waals surface area (Å²) in [6, 6.07) is 5.76. The van der Waals surface area contributed by atoms with Crippen LogP contribution >= 0.6 is 0 Å². The van der Waals surface area contributed by atoms with Crippen LogP contribution in [0.25, 0.3) is 0 Å². The molecule has 4 nitrogen and oxygen atoms in total. The zero-order chi connectivity index (χ0) is 14.4. The van der Waals surface area contributed by atoms with Gasteiger partial charge in [-0.1, -0.05) is 17.7 Å². The van der Waals surface area contributed by atoms with Gasteiger partial charge in [-0.15, -0.1) is 0 Å². The number of aromatic hydroxyl groups is 1. The van der Waals surface area contributed by atoms with Gasteiger partial charge in [-0.2, -0.15) is 0 Å². The van der Waals surface area contributed by atoms with Crippen LogP contribution in [0.1, 0.15) is 17.5 Å². The number of aryl methyl sites for hydroxylation is 1. The molecule has 2 rings (SSSR count). The molecule has 1 aromatic carbocycles. The van der Waals surface area contributed by atoms with Gasteiger partial charge >= 0.3 is 0 Å². The van der Waals surface area contributed by atoms with Gasteiger partial charge in [0.05, 0.1) is 0 Å². The van der Waals surface area contributed by atoms with Crippen LogP contribution < -0.4 is 5.32 Å². The average Bonchev–Trinajstić information content (AvgIpc) is 2.44. The first-order chi connectivity index (χ1) is 9.65. The summed E-state index contributed by atoms with van der Waals surface area (Å²) < 4.78 is 0. The highest BCUT2D eigenvalue weighted by molar-refractivity contribution is 5.35. The van der Waals surface area contributed by atoms with Crippen LogP contribution in [0, 0.1) is 6.92 Å². The van der Waals surface area contributed by atoms with E-state index in [0.717, 1.165) is 25.1 Å². The van der Waals surface area contributed by atoms with Crippen molar-refractivity contribution >= 4 is 0 Å². The molecule has 0 amide bonds. The van der Waals surface area contributed by atoms with Gasteiger partial charge in [0.2, 0.25) is 0 Å². The van der Waals surface area contributed by atoms with Crippen molar-refractivity contribution in [3.63, 3.8) is 0 Å². The molecular formula is C16H27N3O. The Bertz CT molecular complexity index is 414. The van der Waals surface area contributed by atoms with Crippen LogP contribution in [0.3, 0.4) is 0 Å². The second kappa shape index (κ2) is 7.62. The predicted octanol–water partition coefficient (Wildman–Crippen LogP) is 1.43. The first-order valence-electron chi connectivity index (χ1n) is 7.55. The van der Waals surface area contributed by atoms with E-state index in [1.165, 1.54) is 38.3 Å². The number of phenolic OH excluding ortho intramolecular Hbond substituents is 1. The molecule has 1 saturated heterocycles. The van der Waals surface area contributed by atoms with Gasteiger partial charge in [-0.3, -0.25) is 0 Å². The zero-order valence-electron chi connectivity index (χ0n) is 12.7. The fraction of sp³-hybridized carbons (Fsp3) is 0.625. The molecule has 0 radical (unpaired) electrons. The van der Waals surface area contributed by atoms with E-state index in [2.05, 4.69) is 29.1 Å². The van der Waals surface area contributed by atoms with E-state index in [4.69, 9.17) is 0 Å². The molecule has 0 aromatic heterocycles. The van der Waals surface area contributed by atoms with E-state index < -0.39 is 0 Å². The Morgan fingerprint density at radius 1 is 1.20 bits per heavy atom. The van der Waals surface area contributed by atoms with E-state index in [-0.39, 0.29) is 0 Å². The Kier molecular flexibility index (Phi) is 5.83. The van der Waals surface area contributed by atoms with Crippen molar-refractivity contribution in [3.05, 3.63) is 29.3 Å². The third kappa shape index (κ3) is 4.78. The number of benzene rings is 1. The van der Waals surface area contributed by atoms with Crippen LogP contribution in [0.2, 0.25) is 0 Å². The molecule has 2 N–H and O–H groups in total. The molecule has 0 spiro atoms. The molecular weight excluding hydrogens is 250 g/mol. The number of hydrogen-bond acceptors (Lipinski definition) is 4. The van der Waals surface area contributed by atoms with Crippen LogP contribution in [0.4, 0.5) is 0 Å². The van der Waals surface area contributed by atoms with Crippen molar-refractivity contribution in [3.8, 4) is 5.75 Å². The Labute approximate surface area is 122 Å². The van der Waals surface area contributed by atoms with Gasteiger partial charge in [0, 0.05) is 38.3 Å². The topological polar surface area (TPSA) is 38.7 Å². The third-order valence-corrected chi connectivity index (χ3v) is 3.97. The normalized spacial score (nSPS) is 17.5. The van der Waals surface area contributed by atoms with Crippen LogP contribution in [0.5, 0.6) is 5.75 Å². The second-order valence-electron chi connectivity index (χ2n) is 5.81. The van der Waals surface area contributed by atoms with E-state index in [1.807, 2.05) is 12.1 Å². The molecule has 20 heavy (non-hydrogen) atoms. The van der Waals surface area contributed by atoms with Crippen molar-refractivity contribution in [2.45, 2.75) is 19.9 Å². The Morgan fingerprint density at radius 3 is 2.70 bits per heavy atom. The maximum atomic E-state index is 9.77. The summed E-state index contributed by atoms with van der Waals surface area (Å²) in [7, 11) is 2.19. The highest BCUT2D eigenvalue weighted by Crippen LogP contribution is 2.17. The highest BCUT2D eigenvalue weighted by atomic mass is 16.3. The SMILES string of the molecule is Cc1ccc(O)c(CNCCCN2CCN(C)CC2)c1. The molecule has 0 bridgehead atoms. The average molecular weight is 277 g/mol. The quantitative estimate of drug-likeness (QED) is 0.772. The first kappa shape index (κ1) is 15.3. The molecule has 0 aliphatic carbocycles. The predicted molar refractivity (Wildman–Crippen MR) is 83.1 cm³/mol. The number of nitrogens with one attached hydrogen (secondary N) is 1. The monoisotopic (exact) mass is 277 g/mol. The smallest absolute Gasteiger partial charge is 0.120 e. The van der Waals surface area contributed by atoms with Crippen molar-refractivity contribution in [1.29, 1.82) is 0 Å².